The third-order valence-electron chi connectivity index (χ3n) is 2.18. The van der Waals surface area contributed by atoms with Crippen molar-refractivity contribution in [2.45, 2.75) is 19.4 Å². The predicted molar refractivity (Wildman–Crippen MR) is 59.7 cm³/mol. The molecule has 0 fully saturated rings. The van der Waals surface area contributed by atoms with Crippen LogP contribution in [0.25, 0.3) is 0 Å². The lowest BCUT2D eigenvalue weighted by Crippen LogP contribution is -2.30. The summed E-state index contributed by atoms with van der Waals surface area (Å²) in [5.74, 6) is -0.705. The number of amides is 1. The van der Waals surface area contributed by atoms with Crippen LogP contribution in [0, 0.1) is 5.82 Å². The van der Waals surface area contributed by atoms with Gasteiger partial charge in [0.15, 0.2) is 0 Å². The Labute approximate surface area is 98.2 Å². The lowest BCUT2D eigenvalue weighted by Gasteiger charge is -2.16. The Balaban J connectivity index is 2.86. The average Bonchev–Trinajstić information content (AvgIpc) is 2.29. The standard InChI is InChI=1S/C11H13ClFNO2/c1-2-11(16)14-10(6-15)7-3-4-9(13)8(12)5-7/h3-5,10,15H,2,6H2,1H3,(H,14,16)/t10-/m1/s1. The van der Waals surface area contributed by atoms with Gasteiger partial charge in [-0.05, 0) is 17.7 Å². The van der Waals surface area contributed by atoms with E-state index in [1.54, 1.807) is 6.92 Å². The van der Waals surface area contributed by atoms with Gasteiger partial charge in [-0.1, -0.05) is 24.6 Å². The summed E-state index contributed by atoms with van der Waals surface area (Å²) >= 11 is 5.62. The molecule has 1 aromatic rings. The van der Waals surface area contributed by atoms with Crippen molar-refractivity contribution in [1.82, 2.24) is 5.32 Å². The maximum atomic E-state index is 12.9. The van der Waals surface area contributed by atoms with Crippen LogP contribution < -0.4 is 5.32 Å². The summed E-state index contributed by atoms with van der Waals surface area (Å²) in [7, 11) is 0. The predicted octanol–water partition coefficient (Wildman–Crippen LogP) is 2.04. The Bertz CT molecular complexity index is 384. The molecule has 5 heteroatoms. The van der Waals surface area contributed by atoms with Gasteiger partial charge in [-0.3, -0.25) is 4.79 Å². The summed E-state index contributed by atoms with van der Waals surface area (Å²) < 4.78 is 12.9. The molecule has 0 bridgehead atoms. The molecule has 0 aromatic heterocycles. The fraction of sp³-hybridized carbons (Fsp3) is 0.364. The Morgan fingerprint density at radius 3 is 2.81 bits per heavy atom. The number of nitrogens with one attached hydrogen (secondary N) is 1. The molecule has 1 rings (SSSR count). The van der Waals surface area contributed by atoms with Crippen molar-refractivity contribution in [3.05, 3.63) is 34.6 Å². The first-order valence-corrected chi connectivity index (χ1v) is 5.31. The average molecular weight is 246 g/mol. The summed E-state index contributed by atoms with van der Waals surface area (Å²) in [6.45, 7) is 1.45. The van der Waals surface area contributed by atoms with E-state index in [4.69, 9.17) is 16.7 Å². The topological polar surface area (TPSA) is 49.3 Å². The van der Waals surface area contributed by atoms with Crippen molar-refractivity contribution in [1.29, 1.82) is 0 Å². The highest BCUT2D eigenvalue weighted by molar-refractivity contribution is 6.30. The molecule has 88 valence electrons. The molecular formula is C11H13ClFNO2. The molecular weight excluding hydrogens is 233 g/mol. The number of benzene rings is 1. The van der Waals surface area contributed by atoms with Gasteiger partial charge in [-0.15, -0.1) is 0 Å². The molecule has 0 aliphatic rings. The fourth-order valence-electron chi connectivity index (χ4n) is 1.26. The third kappa shape index (κ3) is 3.18. The number of hydrogen-bond acceptors (Lipinski definition) is 2. The van der Waals surface area contributed by atoms with Crippen LogP contribution >= 0.6 is 11.6 Å². The zero-order valence-corrected chi connectivity index (χ0v) is 9.59. The van der Waals surface area contributed by atoms with Crippen molar-refractivity contribution < 1.29 is 14.3 Å². The Morgan fingerprint density at radius 2 is 2.31 bits per heavy atom. The smallest absolute Gasteiger partial charge is 0.220 e. The SMILES string of the molecule is CCC(=O)N[C@H](CO)c1ccc(F)c(Cl)c1. The van der Waals surface area contributed by atoms with Gasteiger partial charge >= 0.3 is 0 Å². The van der Waals surface area contributed by atoms with Crippen molar-refractivity contribution in [2.75, 3.05) is 6.61 Å². The van der Waals surface area contributed by atoms with E-state index in [0.29, 0.717) is 12.0 Å². The summed E-state index contributed by atoms with van der Waals surface area (Å²) in [5.41, 5.74) is 0.579. The van der Waals surface area contributed by atoms with Crippen LogP contribution in [0.1, 0.15) is 24.9 Å². The Morgan fingerprint density at radius 1 is 1.62 bits per heavy atom. The second-order valence-electron chi connectivity index (χ2n) is 3.33. The van der Waals surface area contributed by atoms with Gasteiger partial charge in [0, 0.05) is 6.42 Å². The van der Waals surface area contributed by atoms with Crippen LogP contribution in [0.3, 0.4) is 0 Å². The van der Waals surface area contributed by atoms with Crippen LogP contribution in [-0.4, -0.2) is 17.6 Å². The molecule has 1 amide bonds. The number of hydrogen-bond donors (Lipinski definition) is 2. The van der Waals surface area contributed by atoms with E-state index in [1.165, 1.54) is 18.2 Å². The lowest BCUT2D eigenvalue weighted by molar-refractivity contribution is -0.121. The molecule has 3 nitrogen and oxygen atoms in total. The highest BCUT2D eigenvalue weighted by atomic mass is 35.5. The maximum Gasteiger partial charge on any atom is 0.220 e. The van der Waals surface area contributed by atoms with Crippen LogP contribution in [-0.2, 0) is 4.79 Å². The van der Waals surface area contributed by atoms with E-state index >= 15 is 0 Å². The summed E-state index contributed by atoms with van der Waals surface area (Å²) in [4.78, 5) is 11.2. The van der Waals surface area contributed by atoms with Gasteiger partial charge in [0.1, 0.15) is 5.82 Å². The molecule has 0 aliphatic heterocycles. The van der Waals surface area contributed by atoms with Crippen molar-refractivity contribution >= 4 is 17.5 Å². The second kappa shape index (κ2) is 5.82. The number of rotatable bonds is 4. The van der Waals surface area contributed by atoms with Crippen LogP contribution in [0.2, 0.25) is 5.02 Å². The Hall–Kier alpha value is -1.13. The monoisotopic (exact) mass is 245 g/mol. The van der Waals surface area contributed by atoms with Crippen LogP contribution in [0.4, 0.5) is 4.39 Å². The molecule has 0 unspecified atom stereocenters. The molecule has 0 spiro atoms. The van der Waals surface area contributed by atoms with Crippen molar-refractivity contribution in [3.8, 4) is 0 Å². The summed E-state index contributed by atoms with van der Waals surface area (Å²) in [6.07, 6.45) is 0.325. The minimum absolute atomic E-state index is 0.0262. The second-order valence-corrected chi connectivity index (χ2v) is 3.74. The minimum Gasteiger partial charge on any atom is -0.394 e. The highest BCUT2D eigenvalue weighted by Gasteiger charge is 2.13. The molecule has 0 radical (unpaired) electrons. The molecule has 16 heavy (non-hydrogen) atoms. The van der Waals surface area contributed by atoms with E-state index < -0.39 is 11.9 Å². The fourth-order valence-corrected chi connectivity index (χ4v) is 1.45. The Kier molecular flexibility index (Phi) is 4.71. The summed E-state index contributed by atoms with van der Waals surface area (Å²) in [5, 5.41) is 11.7. The van der Waals surface area contributed by atoms with Crippen molar-refractivity contribution in [3.63, 3.8) is 0 Å². The molecule has 2 N–H and O–H groups in total. The van der Waals surface area contributed by atoms with E-state index in [2.05, 4.69) is 5.32 Å². The maximum absolute atomic E-state index is 12.9. The zero-order valence-electron chi connectivity index (χ0n) is 8.84. The third-order valence-corrected chi connectivity index (χ3v) is 2.47. The van der Waals surface area contributed by atoms with Gasteiger partial charge in [-0.25, -0.2) is 4.39 Å². The van der Waals surface area contributed by atoms with Gasteiger partial charge < -0.3 is 10.4 Å². The van der Waals surface area contributed by atoms with Gasteiger partial charge in [0.2, 0.25) is 5.91 Å². The lowest BCUT2D eigenvalue weighted by atomic mass is 10.1. The normalized spacial score (nSPS) is 12.2. The molecule has 0 saturated heterocycles. The van der Waals surface area contributed by atoms with Gasteiger partial charge in [0.05, 0.1) is 17.7 Å². The number of carbonyl (C=O) groups excluding carboxylic acids is 1. The van der Waals surface area contributed by atoms with Crippen LogP contribution in [0.5, 0.6) is 0 Å². The van der Waals surface area contributed by atoms with Crippen LogP contribution in [0.15, 0.2) is 18.2 Å². The molecule has 0 heterocycles. The first kappa shape index (κ1) is 12.9. The summed E-state index contributed by atoms with van der Waals surface area (Å²) in [6, 6.07) is 3.54. The highest BCUT2D eigenvalue weighted by Crippen LogP contribution is 2.20. The largest absolute Gasteiger partial charge is 0.394 e. The quantitative estimate of drug-likeness (QED) is 0.853. The molecule has 1 atom stereocenters. The van der Waals surface area contributed by atoms with Gasteiger partial charge in [-0.2, -0.15) is 0 Å². The van der Waals surface area contributed by atoms with E-state index in [9.17, 15) is 9.18 Å². The van der Waals surface area contributed by atoms with E-state index in [1.807, 2.05) is 0 Å². The van der Waals surface area contributed by atoms with Crippen molar-refractivity contribution in [2.24, 2.45) is 0 Å². The first-order valence-electron chi connectivity index (χ1n) is 4.93. The minimum atomic E-state index is -0.550. The molecule has 0 aliphatic carbocycles. The number of carbonyl (C=O) groups is 1. The van der Waals surface area contributed by atoms with E-state index in [-0.39, 0.29) is 17.5 Å². The number of aliphatic hydroxyl groups is 1. The molecule has 0 saturated carbocycles. The van der Waals surface area contributed by atoms with Gasteiger partial charge in [0.25, 0.3) is 0 Å². The number of aliphatic hydroxyl groups excluding tert-OH is 1. The van der Waals surface area contributed by atoms with E-state index in [0.717, 1.165) is 0 Å². The zero-order chi connectivity index (χ0) is 12.1. The number of halogens is 2. The molecule has 1 aromatic carbocycles. The first-order chi connectivity index (χ1) is 7.58.